The third-order valence-electron chi connectivity index (χ3n) is 5.54. The number of para-hydroxylation sites is 1. The van der Waals surface area contributed by atoms with Gasteiger partial charge in [-0.15, -0.1) is 0 Å². The van der Waals surface area contributed by atoms with Crippen molar-refractivity contribution in [2.45, 2.75) is 25.8 Å². The van der Waals surface area contributed by atoms with E-state index in [2.05, 4.69) is 15.3 Å². The quantitative estimate of drug-likeness (QED) is 0.422. The highest BCUT2D eigenvalue weighted by atomic mass is 16.5. The van der Waals surface area contributed by atoms with Gasteiger partial charge in [-0.05, 0) is 25.1 Å². The van der Waals surface area contributed by atoms with Crippen LogP contribution in [0.1, 0.15) is 19.8 Å². The molecule has 0 unspecified atom stereocenters. The fourth-order valence-electron chi connectivity index (χ4n) is 3.93. The van der Waals surface area contributed by atoms with Gasteiger partial charge >= 0.3 is 0 Å². The zero-order chi connectivity index (χ0) is 23.7. The molecular formula is C24H24N6O4. The van der Waals surface area contributed by atoms with E-state index >= 15 is 0 Å². The van der Waals surface area contributed by atoms with E-state index < -0.39 is 0 Å². The first kappa shape index (κ1) is 21.6. The fraction of sp³-hybridized carbons (Fsp3) is 0.292. The van der Waals surface area contributed by atoms with Crippen LogP contribution in [0.4, 0.5) is 5.82 Å². The molecule has 5 rings (SSSR count). The van der Waals surface area contributed by atoms with E-state index in [-0.39, 0.29) is 11.8 Å². The van der Waals surface area contributed by atoms with Gasteiger partial charge in [0.1, 0.15) is 34.5 Å². The number of rotatable bonds is 8. The minimum atomic E-state index is 0.0560. The highest BCUT2D eigenvalue weighted by Gasteiger charge is 2.28. The Hall–Kier alpha value is -4.21. The fourth-order valence-corrected chi connectivity index (χ4v) is 3.93. The molecule has 3 heterocycles. The van der Waals surface area contributed by atoms with Crippen molar-refractivity contribution in [2.24, 2.45) is 0 Å². The van der Waals surface area contributed by atoms with Gasteiger partial charge in [0, 0.05) is 24.9 Å². The van der Waals surface area contributed by atoms with E-state index in [9.17, 15) is 4.79 Å². The van der Waals surface area contributed by atoms with Gasteiger partial charge in [-0.2, -0.15) is 0 Å². The van der Waals surface area contributed by atoms with Crippen molar-refractivity contribution in [2.75, 3.05) is 26.1 Å². The number of Topliss-reactive ketones (excluding diaryl/α,β-unsaturated/α-hetero) is 1. The van der Waals surface area contributed by atoms with Gasteiger partial charge in [0.25, 0.3) is 0 Å². The largest absolute Gasteiger partial charge is 0.494 e. The van der Waals surface area contributed by atoms with Crippen LogP contribution in [0.2, 0.25) is 0 Å². The summed E-state index contributed by atoms with van der Waals surface area (Å²) < 4.78 is 18.8. The third kappa shape index (κ3) is 3.87. The molecule has 10 heteroatoms. The second kappa shape index (κ2) is 8.97. The van der Waals surface area contributed by atoms with Crippen LogP contribution >= 0.6 is 0 Å². The summed E-state index contributed by atoms with van der Waals surface area (Å²) in [6, 6.07) is 11.1. The van der Waals surface area contributed by atoms with Crippen LogP contribution < -0.4 is 19.5 Å². The molecule has 0 amide bonds. The molecule has 1 aliphatic rings. The molecule has 0 bridgehead atoms. The minimum Gasteiger partial charge on any atom is -0.494 e. The number of pyridine rings is 1. The Morgan fingerprint density at radius 1 is 1.03 bits per heavy atom. The predicted molar refractivity (Wildman–Crippen MR) is 126 cm³/mol. The summed E-state index contributed by atoms with van der Waals surface area (Å²) in [6.07, 6.45) is 2.59. The van der Waals surface area contributed by atoms with Crippen molar-refractivity contribution >= 4 is 22.9 Å². The number of nitrogens with zero attached hydrogens (tertiary/aromatic N) is 5. The van der Waals surface area contributed by atoms with Gasteiger partial charge < -0.3 is 19.5 Å². The van der Waals surface area contributed by atoms with E-state index in [1.807, 2.05) is 41.8 Å². The zero-order valence-corrected chi connectivity index (χ0v) is 19.1. The summed E-state index contributed by atoms with van der Waals surface area (Å²) in [5.41, 5.74) is 2.13. The van der Waals surface area contributed by atoms with Crippen molar-refractivity contribution in [3.05, 3.63) is 42.6 Å². The highest BCUT2D eigenvalue weighted by molar-refractivity contribution is 5.87. The van der Waals surface area contributed by atoms with Crippen molar-refractivity contribution in [1.29, 1.82) is 0 Å². The summed E-state index contributed by atoms with van der Waals surface area (Å²) in [7, 11) is 3.19. The van der Waals surface area contributed by atoms with Gasteiger partial charge in [-0.3, -0.25) is 9.36 Å². The molecule has 4 aromatic rings. The Labute approximate surface area is 195 Å². The number of hydrogen-bond acceptors (Lipinski definition) is 9. The van der Waals surface area contributed by atoms with Crippen molar-refractivity contribution in [3.63, 3.8) is 0 Å². The number of hydrogen-bond donors (Lipinski definition) is 1. The summed E-state index contributed by atoms with van der Waals surface area (Å²) in [6.45, 7) is 2.40. The molecule has 10 nitrogen and oxygen atoms in total. The molecule has 1 aromatic carbocycles. The number of fused-ring (bicyclic) bond motifs is 1. The molecule has 1 N–H and O–H groups in total. The Morgan fingerprint density at radius 3 is 2.44 bits per heavy atom. The first-order chi connectivity index (χ1) is 16.6. The normalized spacial score (nSPS) is 13.6. The average Bonchev–Trinajstić information content (AvgIpc) is 3.21. The van der Waals surface area contributed by atoms with E-state index in [1.54, 1.807) is 26.5 Å². The molecule has 0 saturated heterocycles. The van der Waals surface area contributed by atoms with E-state index in [0.29, 0.717) is 71.1 Å². The van der Waals surface area contributed by atoms with Crippen LogP contribution in [0.3, 0.4) is 0 Å². The monoisotopic (exact) mass is 460 g/mol. The number of aromatic nitrogens is 5. The number of benzene rings is 1. The molecule has 174 valence electrons. The minimum absolute atomic E-state index is 0.0560. The predicted octanol–water partition coefficient (Wildman–Crippen LogP) is 3.44. The second-order valence-electron chi connectivity index (χ2n) is 7.77. The maximum absolute atomic E-state index is 11.4. The molecule has 34 heavy (non-hydrogen) atoms. The molecule has 0 aliphatic heterocycles. The van der Waals surface area contributed by atoms with E-state index in [4.69, 9.17) is 24.2 Å². The first-order valence-corrected chi connectivity index (χ1v) is 11.0. The number of ketones is 1. The Bertz CT molecular complexity index is 1340. The summed E-state index contributed by atoms with van der Waals surface area (Å²) >= 11 is 0. The van der Waals surface area contributed by atoms with Crippen LogP contribution in [-0.2, 0) is 4.79 Å². The lowest BCUT2D eigenvalue weighted by atomic mass is 9.91. The molecule has 0 spiro atoms. The SMILES string of the molecule is CCOc1cccc(-c2nc3ncc(NC4CC(=O)C4)nc3n2-c2c(OC)cccc2OC)n1. The molecule has 1 aliphatic carbocycles. The lowest BCUT2D eigenvalue weighted by Crippen LogP contribution is -2.35. The Kier molecular flexibility index (Phi) is 5.70. The summed E-state index contributed by atoms with van der Waals surface area (Å²) in [4.78, 5) is 30.1. The van der Waals surface area contributed by atoms with Crippen molar-refractivity contribution in [1.82, 2.24) is 24.5 Å². The van der Waals surface area contributed by atoms with Crippen LogP contribution in [0.25, 0.3) is 28.5 Å². The first-order valence-electron chi connectivity index (χ1n) is 11.0. The second-order valence-corrected chi connectivity index (χ2v) is 7.77. The number of ether oxygens (including phenoxy) is 3. The third-order valence-corrected chi connectivity index (χ3v) is 5.54. The lowest BCUT2D eigenvalue weighted by Gasteiger charge is -2.25. The van der Waals surface area contributed by atoms with Crippen LogP contribution in [0, 0.1) is 0 Å². The van der Waals surface area contributed by atoms with E-state index in [1.165, 1.54) is 0 Å². The summed E-state index contributed by atoms with van der Waals surface area (Å²) in [5, 5.41) is 3.28. The topological polar surface area (TPSA) is 113 Å². The van der Waals surface area contributed by atoms with Gasteiger partial charge in [-0.25, -0.2) is 19.9 Å². The van der Waals surface area contributed by atoms with Gasteiger partial charge in [0.05, 0.1) is 27.0 Å². The number of carbonyl (C=O) groups is 1. The number of imidazole rings is 1. The standard InChI is InChI=1S/C24H24N6O4/c1-4-34-20-10-5-7-16(27-20)23-29-22-24(28-19(13-25-22)26-14-11-15(31)12-14)30(23)21-17(32-2)8-6-9-18(21)33-3/h5-10,13-14H,4,11-12H2,1-3H3,(H,26,28). The number of carbonyl (C=O) groups excluding carboxylic acids is 1. The van der Waals surface area contributed by atoms with Crippen LogP contribution in [0.15, 0.2) is 42.6 Å². The molecule has 0 atom stereocenters. The highest BCUT2D eigenvalue weighted by Crippen LogP contribution is 2.38. The van der Waals surface area contributed by atoms with Gasteiger partial charge in [0.15, 0.2) is 17.1 Å². The molecular weight excluding hydrogens is 436 g/mol. The Balaban J connectivity index is 1.74. The van der Waals surface area contributed by atoms with Gasteiger partial charge in [-0.1, -0.05) is 12.1 Å². The van der Waals surface area contributed by atoms with Crippen molar-refractivity contribution in [3.8, 4) is 34.6 Å². The lowest BCUT2D eigenvalue weighted by molar-refractivity contribution is -0.124. The number of nitrogens with one attached hydrogen (secondary N) is 1. The molecule has 1 fully saturated rings. The smallest absolute Gasteiger partial charge is 0.213 e. The Morgan fingerprint density at radius 2 is 1.76 bits per heavy atom. The summed E-state index contributed by atoms with van der Waals surface area (Å²) in [5.74, 6) is 2.94. The van der Waals surface area contributed by atoms with Crippen LogP contribution in [0.5, 0.6) is 17.4 Å². The maximum atomic E-state index is 11.4. The number of anilines is 1. The van der Waals surface area contributed by atoms with Gasteiger partial charge in [0.2, 0.25) is 5.88 Å². The van der Waals surface area contributed by atoms with Crippen LogP contribution in [-0.4, -0.2) is 57.2 Å². The molecule has 3 aromatic heterocycles. The zero-order valence-electron chi connectivity index (χ0n) is 19.1. The molecule has 1 saturated carbocycles. The maximum Gasteiger partial charge on any atom is 0.213 e. The van der Waals surface area contributed by atoms with E-state index in [0.717, 1.165) is 0 Å². The van der Waals surface area contributed by atoms with Crippen molar-refractivity contribution < 1.29 is 19.0 Å². The average molecular weight is 460 g/mol. The molecule has 0 radical (unpaired) electrons. The number of methoxy groups -OCH3 is 2.